The zero-order valence-electron chi connectivity index (χ0n) is 11.7. The van der Waals surface area contributed by atoms with Gasteiger partial charge >= 0.3 is 0 Å². The van der Waals surface area contributed by atoms with E-state index in [1.54, 1.807) is 4.90 Å². The quantitative estimate of drug-likeness (QED) is 0.861. The van der Waals surface area contributed by atoms with Crippen LogP contribution in [0.3, 0.4) is 0 Å². The summed E-state index contributed by atoms with van der Waals surface area (Å²) in [4.78, 5) is 14.4. The van der Waals surface area contributed by atoms with Crippen LogP contribution in [-0.4, -0.2) is 48.2 Å². The van der Waals surface area contributed by atoms with E-state index in [-0.39, 0.29) is 12.5 Å². The number of benzene rings is 1. The summed E-state index contributed by atoms with van der Waals surface area (Å²) in [6.07, 6.45) is 2.24. The van der Waals surface area contributed by atoms with E-state index < -0.39 is 0 Å². The van der Waals surface area contributed by atoms with Crippen molar-refractivity contribution in [3.63, 3.8) is 0 Å². The molecule has 2 N–H and O–H groups in total. The van der Waals surface area contributed by atoms with Crippen LogP contribution in [-0.2, 0) is 0 Å². The van der Waals surface area contributed by atoms with Crippen molar-refractivity contribution in [3.8, 4) is 0 Å². The number of nitrogens with one attached hydrogen (secondary N) is 1. The minimum absolute atomic E-state index is 0.0120. The minimum atomic E-state index is -0.0247. The molecular weight excluding hydrogens is 320 g/mol. The number of carbonyl (C=O) groups is 1. The molecule has 1 saturated heterocycles. The smallest absolute Gasteiger partial charge is 0.255 e. The summed E-state index contributed by atoms with van der Waals surface area (Å²) in [6.45, 7) is 3.99. The molecule has 1 fully saturated rings. The number of nitrogens with zero attached hydrogens (tertiary/aromatic N) is 1. The third-order valence-corrected chi connectivity index (χ3v) is 4.74. The van der Waals surface area contributed by atoms with E-state index in [9.17, 15) is 9.90 Å². The van der Waals surface area contributed by atoms with Crippen LogP contribution in [0.15, 0.2) is 22.7 Å². The fourth-order valence-corrected chi connectivity index (χ4v) is 2.99. The monoisotopic (exact) mass is 340 g/mol. The molecule has 20 heavy (non-hydrogen) atoms. The predicted octanol–water partition coefficient (Wildman–Crippen LogP) is 1.94. The lowest BCUT2D eigenvalue weighted by molar-refractivity contribution is 0.0705. The van der Waals surface area contributed by atoms with Gasteiger partial charge in [-0.05, 0) is 53.9 Å². The fraction of sp³-hybridized carbons (Fsp3) is 0.533. The number of halogens is 1. The highest BCUT2D eigenvalue weighted by atomic mass is 79.9. The van der Waals surface area contributed by atoms with Gasteiger partial charge in [0.1, 0.15) is 0 Å². The second kappa shape index (κ2) is 7.20. The van der Waals surface area contributed by atoms with E-state index in [4.69, 9.17) is 0 Å². The van der Waals surface area contributed by atoms with Gasteiger partial charge in [-0.25, -0.2) is 0 Å². The Morgan fingerprint density at radius 2 is 2.35 bits per heavy atom. The molecular formula is C15H21BrN2O2. The van der Waals surface area contributed by atoms with Crippen molar-refractivity contribution >= 4 is 21.8 Å². The van der Waals surface area contributed by atoms with Gasteiger partial charge in [0, 0.05) is 23.6 Å². The maximum Gasteiger partial charge on any atom is 0.255 e. The van der Waals surface area contributed by atoms with Crippen LogP contribution in [0.1, 0.15) is 28.8 Å². The van der Waals surface area contributed by atoms with E-state index in [1.807, 2.05) is 25.1 Å². The Hall–Kier alpha value is -0.910. The van der Waals surface area contributed by atoms with Gasteiger partial charge in [0.2, 0.25) is 0 Å². The average molecular weight is 341 g/mol. The van der Waals surface area contributed by atoms with E-state index in [2.05, 4.69) is 21.2 Å². The summed E-state index contributed by atoms with van der Waals surface area (Å²) in [5.41, 5.74) is 1.70. The van der Waals surface area contributed by atoms with Gasteiger partial charge < -0.3 is 15.3 Å². The zero-order valence-corrected chi connectivity index (χ0v) is 13.3. The first-order valence-electron chi connectivity index (χ1n) is 7.02. The van der Waals surface area contributed by atoms with Gasteiger partial charge in [-0.3, -0.25) is 4.79 Å². The lowest BCUT2D eigenvalue weighted by Gasteiger charge is -2.26. The SMILES string of the molecule is Cc1cccc(C(=O)N(CCO)CC2CCCN2)c1Br. The van der Waals surface area contributed by atoms with Crippen molar-refractivity contribution in [2.24, 2.45) is 0 Å². The van der Waals surface area contributed by atoms with Gasteiger partial charge in [0.25, 0.3) is 5.91 Å². The minimum Gasteiger partial charge on any atom is -0.395 e. The lowest BCUT2D eigenvalue weighted by atomic mass is 10.1. The molecule has 1 aliphatic heterocycles. The summed E-state index contributed by atoms with van der Waals surface area (Å²) >= 11 is 3.49. The highest BCUT2D eigenvalue weighted by Crippen LogP contribution is 2.23. The van der Waals surface area contributed by atoms with Gasteiger partial charge in [-0.15, -0.1) is 0 Å². The van der Waals surface area contributed by atoms with E-state index in [0.717, 1.165) is 29.4 Å². The first kappa shape index (κ1) is 15.5. The van der Waals surface area contributed by atoms with Crippen molar-refractivity contribution < 1.29 is 9.90 Å². The van der Waals surface area contributed by atoms with Crippen LogP contribution in [0.4, 0.5) is 0 Å². The fourth-order valence-electron chi connectivity index (χ4n) is 2.56. The third kappa shape index (κ3) is 3.59. The number of rotatable bonds is 5. The molecule has 110 valence electrons. The van der Waals surface area contributed by atoms with Crippen LogP contribution in [0.25, 0.3) is 0 Å². The lowest BCUT2D eigenvalue weighted by Crippen LogP contribution is -2.42. The number of carbonyl (C=O) groups excluding carboxylic acids is 1. The van der Waals surface area contributed by atoms with Crippen molar-refractivity contribution in [1.29, 1.82) is 0 Å². The Morgan fingerprint density at radius 1 is 1.55 bits per heavy atom. The van der Waals surface area contributed by atoms with E-state index >= 15 is 0 Å². The Bertz CT molecular complexity index is 473. The summed E-state index contributed by atoms with van der Waals surface area (Å²) < 4.78 is 0.840. The maximum absolute atomic E-state index is 12.7. The normalized spacial score (nSPS) is 18.2. The number of aryl methyl sites for hydroxylation is 1. The van der Waals surface area contributed by atoms with Gasteiger partial charge in [0.05, 0.1) is 12.2 Å². The van der Waals surface area contributed by atoms with E-state index in [0.29, 0.717) is 24.7 Å². The Kier molecular flexibility index (Phi) is 5.57. The zero-order chi connectivity index (χ0) is 14.5. The highest BCUT2D eigenvalue weighted by molar-refractivity contribution is 9.10. The largest absolute Gasteiger partial charge is 0.395 e. The van der Waals surface area contributed by atoms with Crippen LogP contribution in [0.2, 0.25) is 0 Å². The number of aliphatic hydroxyl groups is 1. The average Bonchev–Trinajstić information content (AvgIpc) is 2.94. The van der Waals surface area contributed by atoms with Gasteiger partial charge in [-0.2, -0.15) is 0 Å². The molecule has 0 radical (unpaired) electrons. The molecule has 1 amide bonds. The molecule has 1 atom stereocenters. The second-order valence-corrected chi connectivity index (χ2v) is 6.00. The van der Waals surface area contributed by atoms with Gasteiger partial charge in [0.15, 0.2) is 0 Å². The number of hydrogen-bond donors (Lipinski definition) is 2. The summed E-state index contributed by atoms with van der Waals surface area (Å²) in [5.74, 6) is -0.0247. The molecule has 1 aromatic rings. The molecule has 1 heterocycles. The summed E-state index contributed by atoms with van der Waals surface area (Å²) in [5, 5.41) is 12.6. The molecule has 0 bridgehead atoms. The van der Waals surface area contributed by atoms with Crippen molar-refractivity contribution in [2.45, 2.75) is 25.8 Å². The summed E-state index contributed by atoms with van der Waals surface area (Å²) in [7, 11) is 0. The topological polar surface area (TPSA) is 52.6 Å². The number of hydrogen-bond acceptors (Lipinski definition) is 3. The standard InChI is InChI=1S/C15H21BrN2O2/c1-11-4-2-6-13(14(11)16)15(20)18(8-9-19)10-12-5-3-7-17-12/h2,4,6,12,17,19H,3,5,7-10H2,1H3. The molecule has 0 aromatic heterocycles. The first-order valence-corrected chi connectivity index (χ1v) is 7.81. The highest BCUT2D eigenvalue weighted by Gasteiger charge is 2.23. The van der Waals surface area contributed by atoms with Crippen molar-refractivity contribution in [3.05, 3.63) is 33.8 Å². The van der Waals surface area contributed by atoms with Crippen LogP contribution in [0, 0.1) is 6.92 Å². The van der Waals surface area contributed by atoms with Crippen LogP contribution < -0.4 is 5.32 Å². The molecule has 2 rings (SSSR count). The Morgan fingerprint density at radius 3 is 3.00 bits per heavy atom. The molecule has 0 saturated carbocycles. The maximum atomic E-state index is 12.7. The predicted molar refractivity (Wildman–Crippen MR) is 82.9 cm³/mol. The number of aliphatic hydroxyl groups excluding tert-OH is 1. The molecule has 1 aliphatic rings. The third-order valence-electron chi connectivity index (χ3n) is 3.68. The second-order valence-electron chi connectivity index (χ2n) is 5.20. The first-order chi connectivity index (χ1) is 9.63. The van der Waals surface area contributed by atoms with Crippen molar-refractivity contribution in [2.75, 3.05) is 26.2 Å². The molecule has 0 spiro atoms. The summed E-state index contributed by atoms with van der Waals surface area (Å²) in [6, 6.07) is 6.02. The Balaban J connectivity index is 2.14. The molecule has 1 unspecified atom stereocenters. The molecule has 4 nitrogen and oxygen atoms in total. The molecule has 0 aliphatic carbocycles. The molecule has 1 aromatic carbocycles. The van der Waals surface area contributed by atoms with Gasteiger partial charge in [-0.1, -0.05) is 12.1 Å². The van der Waals surface area contributed by atoms with Crippen LogP contribution >= 0.6 is 15.9 Å². The Labute approximate surface area is 128 Å². The molecule has 5 heteroatoms. The number of amides is 1. The van der Waals surface area contributed by atoms with Crippen LogP contribution in [0.5, 0.6) is 0 Å². The van der Waals surface area contributed by atoms with Crippen molar-refractivity contribution in [1.82, 2.24) is 10.2 Å². The van der Waals surface area contributed by atoms with E-state index in [1.165, 1.54) is 0 Å².